The molecule has 6 amide bonds. The van der Waals surface area contributed by atoms with Crippen molar-refractivity contribution in [3.05, 3.63) is 298 Å². The number of β-amino-alcohol motifs (C(OH)–C–C–N with tert-alkyl or cyclic N) is 1. The predicted octanol–water partition coefficient (Wildman–Crippen LogP) is 19.6. The summed E-state index contributed by atoms with van der Waals surface area (Å²) in [7, 11) is 0. The Morgan fingerprint density at radius 2 is 1.42 bits per heavy atom. The molecule has 5 aliphatic heterocycles. The molecular formula is C94H84Cl2N14O16S4. The third-order valence-corrected chi connectivity index (χ3v) is 25.0. The molecule has 13 aromatic rings. The summed E-state index contributed by atoms with van der Waals surface area (Å²) in [5.41, 5.74) is 16.2. The average molecular weight is 1860 g/mol. The predicted molar refractivity (Wildman–Crippen MR) is 510 cm³/mol. The van der Waals surface area contributed by atoms with Crippen LogP contribution in [-0.4, -0.2) is 145 Å². The van der Waals surface area contributed by atoms with Gasteiger partial charge in [-0.3, -0.25) is 69.0 Å². The number of aliphatic hydroxyl groups is 1. The lowest BCUT2D eigenvalue weighted by Gasteiger charge is -2.33. The summed E-state index contributed by atoms with van der Waals surface area (Å²) >= 11 is 20.6. The lowest BCUT2D eigenvalue weighted by molar-refractivity contribution is -0.384. The number of piperidine rings is 1. The minimum Gasteiger partial charge on any atom is -0.494 e. The topological polar surface area (TPSA) is 392 Å². The molecule has 30 nitrogen and oxygen atoms in total. The highest BCUT2D eigenvalue weighted by atomic mass is 35.5. The summed E-state index contributed by atoms with van der Waals surface area (Å²) in [6, 6.07) is 68.3. The number of hydrazone groups is 1. The van der Waals surface area contributed by atoms with Crippen molar-refractivity contribution in [3.8, 4) is 22.6 Å². The summed E-state index contributed by atoms with van der Waals surface area (Å²) in [6.45, 7) is 9.78. The molecule has 4 fully saturated rings. The fraction of sp³-hybridized carbons (Fsp3) is 0.213. The van der Waals surface area contributed by atoms with Gasteiger partial charge in [0.1, 0.15) is 26.8 Å². The van der Waals surface area contributed by atoms with Crippen molar-refractivity contribution < 1.29 is 67.7 Å². The molecule has 3 unspecified atom stereocenters. The molecule has 4 saturated heterocycles. The number of benzene rings is 10. The van der Waals surface area contributed by atoms with Crippen molar-refractivity contribution in [1.29, 1.82) is 0 Å². The smallest absolute Gasteiger partial charge is 0.306 e. The van der Waals surface area contributed by atoms with Crippen LogP contribution in [0, 0.1) is 40.0 Å². The fourth-order valence-corrected chi connectivity index (χ4v) is 17.9. The van der Waals surface area contributed by atoms with Crippen LogP contribution < -0.4 is 35.7 Å². The molecule has 0 spiro atoms. The van der Waals surface area contributed by atoms with Crippen LogP contribution in [0.2, 0.25) is 10.0 Å². The SMILES string of the molecule is CCCOc1ccc(N2C(=O)CC(N3CCC(C(=O)O)CC3)C2=O)cc1.CCc1ccc(/C=C2\SC(=S)NC2=O)cc1.Cc1ccc2c(c1)/C(=N\Nc1nc(C)c(C(=O)Nc3cccc([N+](=O)[O-])c3)s1)CC(c1ccccc1)O2.O=C1CSC(=O)N1CC(O)Cn1c2ccc(Cl)cc2c2cc(Cl)ccc21.O=[N+]([O-])c1ccc(Nc2ccccc2-c2ccccc2)c2nonc12. The number of carbonyl (C=O) groups is 7. The number of rotatable bonds is 22. The van der Waals surface area contributed by atoms with E-state index in [9.17, 15) is 58.9 Å². The first-order valence-corrected chi connectivity index (χ1v) is 44.9. The molecule has 8 heterocycles. The zero-order valence-corrected chi connectivity index (χ0v) is 75.0. The van der Waals surface area contributed by atoms with Gasteiger partial charge in [-0.1, -0.05) is 205 Å². The van der Waals surface area contributed by atoms with E-state index in [0.717, 1.165) is 113 Å². The first-order chi connectivity index (χ1) is 62.7. The van der Waals surface area contributed by atoms with Gasteiger partial charge in [0.2, 0.25) is 22.5 Å². The summed E-state index contributed by atoms with van der Waals surface area (Å²) in [5.74, 6) is -0.746. The number of amides is 6. The molecule has 18 rings (SSSR count). The van der Waals surface area contributed by atoms with E-state index in [0.29, 0.717) is 102 Å². The number of ether oxygens (including phenoxy) is 2. The number of nitro groups is 2. The summed E-state index contributed by atoms with van der Waals surface area (Å²) in [5, 5.41) is 65.7. The number of thiazole rings is 1. The molecule has 36 heteroatoms. The van der Waals surface area contributed by atoms with Crippen molar-refractivity contribution in [2.45, 2.75) is 91.0 Å². The second kappa shape index (κ2) is 42.6. The number of carboxylic acids is 1. The van der Waals surface area contributed by atoms with Crippen LogP contribution in [0.3, 0.4) is 0 Å². The third-order valence-electron chi connectivity index (χ3n) is 21.5. The standard InChI is InChI=1S/C27H23N5O4S.C19H24N2O5.C18H14Cl2N2O3S.C18H12N4O3.C12H11NOS2/c1-16-11-12-23-21(13-16)22(15-24(36-23)18-7-4-3-5-8-18)30-31-27-28-17(2)25(37-27)26(33)29-19-9-6-10-20(14-19)32(34)35;1-2-11-26-15-5-3-14(4-6-15)21-17(22)12-16(18(21)23)20-9-7-13(8-10-20)19(24)25;19-10-1-3-15-13(5-10)14-6-11(20)2-4-16(14)21(15)7-12(23)8-22-17(24)9-26-18(22)25;23-22(24)16-11-10-15(17-18(16)21-25-20-17)19-14-9-5-4-8-13(14)12-6-2-1-3-7-12;1-2-8-3-5-9(6-4-8)7-10-11(14)13-12(15)16-10/h3-14,24H,15H2,1-2H3,(H,28,31)(H,29,33);3-6,13,16H,2,7-12H2,1H3,(H,24,25);1-6,12,23H,7-9H2;1-11,19H;3-7H,2H2,1H3,(H,13,14,15)/b30-22-;;;;10-7-. The van der Waals surface area contributed by atoms with E-state index in [4.69, 9.17) is 54.6 Å². The molecule has 0 saturated carbocycles. The number of carboxylic acid groups (broad SMARTS) is 1. The van der Waals surface area contributed by atoms with Crippen molar-refractivity contribution in [1.82, 2.24) is 35.0 Å². The number of aliphatic carboxylic acids is 1. The number of para-hydroxylation sites is 1. The van der Waals surface area contributed by atoms with Gasteiger partial charge in [0.25, 0.3) is 28.6 Å². The zero-order valence-electron chi connectivity index (χ0n) is 70.2. The van der Waals surface area contributed by atoms with Gasteiger partial charge in [0, 0.05) is 79.0 Å². The molecule has 10 aromatic carbocycles. The quantitative estimate of drug-likeness (QED) is 0.0121. The highest BCUT2D eigenvalue weighted by molar-refractivity contribution is 8.26. The Balaban J connectivity index is 0.000000134. The number of thioether (sulfide) groups is 2. The van der Waals surface area contributed by atoms with E-state index in [-0.39, 0.29) is 83.0 Å². The zero-order chi connectivity index (χ0) is 91.8. The lowest BCUT2D eigenvalue weighted by atomic mass is 9.94. The number of thiocarbonyl (C=S) groups is 1. The van der Waals surface area contributed by atoms with E-state index in [1.807, 2.05) is 169 Å². The molecule has 3 atom stereocenters. The van der Waals surface area contributed by atoms with Gasteiger partial charge < -0.3 is 40.2 Å². The van der Waals surface area contributed by atoms with Gasteiger partial charge in [-0.05, 0) is 182 Å². The maximum atomic E-state index is 12.8. The highest BCUT2D eigenvalue weighted by Crippen LogP contribution is 2.40. The van der Waals surface area contributed by atoms with Crippen LogP contribution in [0.5, 0.6) is 11.5 Å². The molecule has 0 bridgehead atoms. The Kier molecular flexibility index (Phi) is 30.3. The van der Waals surface area contributed by atoms with Crippen LogP contribution in [0.4, 0.5) is 44.1 Å². The Bertz CT molecular complexity index is 6460. The van der Waals surface area contributed by atoms with Crippen LogP contribution in [0.15, 0.2) is 239 Å². The number of nitrogens with one attached hydrogen (secondary N) is 4. The van der Waals surface area contributed by atoms with Crippen LogP contribution in [0.1, 0.15) is 95.2 Å². The van der Waals surface area contributed by atoms with E-state index in [1.54, 1.807) is 55.5 Å². The number of nitrogens with zero attached hydrogens (tertiary/aromatic N) is 10. The molecular weight excluding hydrogens is 1780 g/mol. The molecule has 6 N–H and O–H groups in total. The van der Waals surface area contributed by atoms with Crippen molar-refractivity contribution >= 4 is 199 Å². The number of nitro benzene ring substituents is 2. The van der Waals surface area contributed by atoms with Gasteiger partial charge in [0.15, 0.2) is 5.52 Å². The second-order valence-corrected chi connectivity index (χ2v) is 34.9. The lowest BCUT2D eigenvalue weighted by Crippen LogP contribution is -2.46. The molecule has 0 radical (unpaired) electrons. The Morgan fingerprint density at radius 1 is 0.738 bits per heavy atom. The van der Waals surface area contributed by atoms with Crippen molar-refractivity contribution in [2.75, 3.05) is 53.0 Å². The van der Waals surface area contributed by atoms with Crippen LogP contribution in [-0.2, 0) is 36.9 Å². The maximum absolute atomic E-state index is 12.8. The molecule has 0 aliphatic carbocycles. The first-order valence-electron chi connectivity index (χ1n) is 41.2. The number of aliphatic hydroxyl groups excluding tert-OH is 1. The second-order valence-electron chi connectivity index (χ2n) is 30.3. The number of hydrogen-bond acceptors (Lipinski definition) is 26. The molecule has 664 valence electrons. The Hall–Kier alpha value is -13.6. The van der Waals surface area contributed by atoms with E-state index in [2.05, 4.69) is 60.8 Å². The van der Waals surface area contributed by atoms with Crippen molar-refractivity contribution in [2.24, 2.45) is 11.0 Å². The molecule has 5 aliphatic rings. The Morgan fingerprint density at radius 3 is 2.07 bits per heavy atom. The highest BCUT2D eigenvalue weighted by Gasteiger charge is 2.44. The molecule has 3 aromatic heterocycles. The normalized spacial score (nSPS) is 16.3. The van der Waals surface area contributed by atoms with E-state index < -0.39 is 33.9 Å². The number of likely N-dealkylation sites (tertiary alicyclic amines) is 1. The number of carbonyl (C=O) groups excluding carboxylic acids is 6. The summed E-state index contributed by atoms with van der Waals surface area (Å²) in [4.78, 5) is 115. The fourth-order valence-electron chi connectivity index (χ4n) is 15.0. The minimum absolute atomic E-state index is 0.0208. The number of imide groups is 2. The Labute approximate surface area is 772 Å². The molecule has 130 heavy (non-hydrogen) atoms. The number of aryl methyl sites for hydroxylation is 3. The number of aromatic nitrogens is 4. The number of non-ortho nitro benzene ring substituents is 2. The van der Waals surface area contributed by atoms with E-state index >= 15 is 0 Å². The third kappa shape index (κ3) is 22.6. The van der Waals surface area contributed by atoms with Gasteiger partial charge in [-0.25, -0.2) is 14.5 Å². The van der Waals surface area contributed by atoms with Crippen LogP contribution >= 0.6 is 70.3 Å². The minimum atomic E-state index is -0.883. The van der Waals surface area contributed by atoms with Gasteiger partial charge in [-0.2, -0.15) is 5.10 Å². The number of hydrogen-bond donors (Lipinski definition) is 6. The van der Waals surface area contributed by atoms with Crippen LogP contribution in [0.25, 0.3) is 50.0 Å². The number of fused-ring (bicyclic) bond motifs is 5. The largest absolute Gasteiger partial charge is 0.494 e. The van der Waals surface area contributed by atoms with E-state index in [1.165, 1.54) is 46.5 Å². The summed E-state index contributed by atoms with van der Waals surface area (Å²) in [6.07, 6.45) is 4.47. The monoisotopic (exact) mass is 1860 g/mol. The van der Waals surface area contributed by atoms with Gasteiger partial charge in [-0.15, -0.1) is 0 Å². The first kappa shape index (κ1) is 92.6. The van der Waals surface area contributed by atoms with Crippen molar-refractivity contribution in [3.63, 3.8) is 0 Å². The average Bonchev–Trinajstić information content (AvgIpc) is 1.61. The maximum Gasteiger partial charge on any atom is 0.306 e. The number of halogens is 2. The summed E-state index contributed by atoms with van der Waals surface area (Å²) < 4.78 is 19.0. The number of anilines is 5. The van der Waals surface area contributed by atoms with Gasteiger partial charge >= 0.3 is 11.7 Å². The van der Waals surface area contributed by atoms with Gasteiger partial charge in [0.05, 0.1) is 87.5 Å².